The molecule has 1 N–H and O–H groups in total. The molecule has 0 saturated carbocycles. The maximum absolute atomic E-state index is 4.33. The zero-order chi connectivity index (χ0) is 12.8. The van der Waals surface area contributed by atoms with Crippen molar-refractivity contribution in [2.24, 2.45) is 0 Å². The number of hydrogen-bond donors (Lipinski definition) is 1. The molecule has 0 aliphatic carbocycles. The third-order valence-corrected chi connectivity index (χ3v) is 4.02. The van der Waals surface area contributed by atoms with Crippen LogP contribution < -0.4 is 5.32 Å². The van der Waals surface area contributed by atoms with Crippen LogP contribution in [0.2, 0.25) is 0 Å². The van der Waals surface area contributed by atoms with Crippen molar-refractivity contribution in [3.63, 3.8) is 0 Å². The monoisotopic (exact) mass is 261 g/mol. The summed E-state index contributed by atoms with van der Waals surface area (Å²) in [6, 6.07) is 12.9. The molecular weight excluding hydrogens is 242 g/mol. The molecule has 96 valence electrons. The largest absolute Gasteiger partial charge is 0.311 e. The Balaban J connectivity index is 2.02. The smallest absolute Gasteiger partial charge is 0.0584 e. The fourth-order valence-corrected chi connectivity index (χ4v) is 2.96. The van der Waals surface area contributed by atoms with E-state index >= 15 is 0 Å². The highest BCUT2D eigenvalue weighted by molar-refractivity contribution is 7.99. The number of aromatic nitrogens is 2. The lowest BCUT2D eigenvalue weighted by Gasteiger charge is -2.17. The van der Waals surface area contributed by atoms with Crippen LogP contribution in [-0.4, -0.2) is 22.6 Å². The molecule has 0 radical (unpaired) electrons. The van der Waals surface area contributed by atoms with Crippen molar-refractivity contribution < 1.29 is 0 Å². The first kappa shape index (κ1) is 13.2. The van der Waals surface area contributed by atoms with E-state index in [2.05, 4.69) is 47.7 Å². The van der Waals surface area contributed by atoms with E-state index in [0.717, 1.165) is 12.3 Å². The molecule has 2 aromatic rings. The Morgan fingerprint density at radius 3 is 2.72 bits per heavy atom. The molecule has 1 heterocycles. The Kier molecular flexibility index (Phi) is 4.84. The molecule has 1 atom stereocenters. The van der Waals surface area contributed by atoms with Crippen LogP contribution in [0.4, 0.5) is 0 Å². The van der Waals surface area contributed by atoms with Gasteiger partial charge in [0, 0.05) is 23.4 Å². The van der Waals surface area contributed by atoms with Gasteiger partial charge in [0.15, 0.2) is 0 Å². The van der Waals surface area contributed by atoms with E-state index < -0.39 is 0 Å². The van der Waals surface area contributed by atoms with E-state index in [4.69, 9.17) is 0 Å². The predicted molar refractivity (Wildman–Crippen MR) is 76.9 cm³/mol. The van der Waals surface area contributed by atoms with Crippen LogP contribution >= 0.6 is 11.8 Å². The van der Waals surface area contributed by atoms with E-state index in [1.54, 1.807) is 0 Å². The van der Waals surface area contributed by atoms with Crippen molar-refractivity contribution in [3.05, 3.63) is 48.3 Å². The van der Waals surface area contributed by atoms with Gasteiger partial charge in [0.2, 0.25) is 0 Å². The molecule has 0 bridgehead atoms. The minimum Gasteiger partial charge on any atom is -0.311 e. The van der Waals surface area contributed by atoms with Gasteiger partial charge in [0.05, 0.1) is 11.7 Å². The Labute approximate surface area is 113 Å². The molecule has 1 aromatic heterocycles. The van der Waals surface area contributed by atoms with Crippen LogP contribution in [0.15, 0.2) is 47.5 Å². The molecule has 0 amide bonds. The minimum atomic E-state index is 0.331. The van der Waals surface area contributed by atoms with Gasteiger partial charge < -0.3 is 5.32 Å². The van der Waals surface area contributed by atoms with Gasteiger partial charge in [-0.3, -0.25) is 4.68 Å². The number of hydrogen-bond acceptors (Lipinski definition) is 3. The predicted octanol–water partition coefficient (Wildman–Crippen LogP) is 2.96. The Morgan fingerprint density at radius 1 is 1.28 bits per heavy atom. The van der Waals surface area contributed by atoms with Gasteiger partial charge in [-0.05, 0) is 32.2 Å². The molecule has 0 saturated heterocycles. The average Bonchev–Trinajstić information content (AvgIpc) is 2.89. The van der Waals surface area contributed by atoms with Crippen LogP contribution in [-0.2, 0) is 6.54 Å². The van der Waals surface area contributed by atoms with Crippen LogP contribution in [0.25, 0.3) is 0 Å². The van der Waals surface area contributed by atoms with Gasteiger partial charge in [-0.2, -0.15) is 5.10 Å². The van der Waals surface area contributed by atoms with Crippen molar-refractivity contribution in [2.75, 3.05) is 12.8 Å². The number of nitrogens with one attached hydrogen (secondary N) is 1. The van der Waals surface area contributed by atoms with Crippen molar-refractivity contribution in [2.45, 2.75) is 24.4 Å². The second-order valence-corrected chi connectivity index (χ2v) is 5.13. The lowest BCUT2D eigenvalue weighted by molar-refractivity contribution is 0.549. The fourth-order valence-electron chi connectivity index (χ4n) is 1.92. The summed E-state index contributed by atoms with van der Waals surface area (Å²) in [4.78, 5) is 1.31. The summed E-state index contributed by atoms with van der Waals surface area (Å²) in [5.74, 6) is 1.01. The van der Waals surface area contributed by atoms with E-state index in [-0.39, 0.29) is 0 Å². The molecule has 4 heteroatoms. The standard InChI is InChI=1S/C14H19N3S/c1-3-17-14(9-10-16-17)13(15-2)11-18-12-7-5-4-6-8-12/h4-10,13,15H,3,11H2,1-2H3. The Hall–Kier alpha value is -1.26. The zero-order valence-corrected chi connectivity index (χ0v) is 11.7. The van der Waals surface area contributed by atoms with Crippen LogP contribution in [0.5, 0.6) is 0 Å². The molecule has 0 aliphatic rings. The third kappa shape index (κ3) is 3.15. The summed E-state index contributed by atoms with van der Waals surface area (Å²) < 4.78 is 2.05. The van der Waals surface area contributed by atoms with Gasteiger partial charge in [-0.25, -0.2) is 0 Å². The number of benzene rings is 1. The lowest BCUT2D eigenvalue weighted by Crippen LogP contribution is -2.22. The second kappa shape index (κ2) is 6.61. The van der Waals surface area contributed by atoms with Gasteiger partial charge in [-0.1, -0.05) is 18.2 Å². The first-order chi connectivity index (χ1) is 8.85. The van der Waals surface area contributed by atoms with Crippen molar-refractivity contribution in [1.29, 1.82) is 0 Å². The topological polar surface area (TPSA) is 29.9 Å². The van der Waals surface area contributed by atoms with Gasteiger partial charge >= 0.3 is 0 Å². The van der Waals surface area contributed by atoms with E-state index in [1.165, 1.54) is 10.6 Å². The normalized spacial score (nSPS) is 12.6. The summed E-state index contributed by atoms with van der Waals surface area (Å²) in [6.07, 6.45) is 1.87. The van der Waals surface area contributed by atoms with Gasteiger partial charge in [-0.15, -0.1) is 11.8 Å². The summed E-state index contributed by atoms with van der Waals surface area (Å²) in [5.41, 5.74) is 1.25. The zero-order valence-electron chi connectivity index (χ0n) is 10.8. The molecule has 2 rings (SSSR count). The summed E-state index contributed by atoms with van der Waals surface area (Å²) in [6.45, 7) is 3.03. The molecule has 0 aliphatic heterocycles. The van der Waals surface area contributed by atoms with E-state index in [0.29, 0.717) is 6.04 Å². The van der Waals surface area contributed by atoms with Crippen LogP contribution in [0, 0.1) is 0 Å². The molecule has 18 heavy (non-hydrogen) atoms. The summed E-state index contributed by atoms with van der Waals surface area (Å²) >= 11 is 1.87. The highest BCUT2D eigenvalue weighted by Gasteiger charge is 2.13. The van der Waals surface area contributed by atoms with E-state index in [9.17, 15) is 0 Å². The maximum atomic E-state index is 4.33. The van der Waals surface area contributed by atoms with Gasteiger partial charge in [0.25, 0.3) is 0 Å². The highest BCUT2D eigenvalue weighted by atomic mass is 32.2. The van der Waals surface area contributed by atoms with Crippen LogP contribution in [0.3, 0.4) is 0 Å². The highest BCUT2D eigenvalue weighted by Crippen LogP contribution is 2.24. The summed E-state index contributed by atoms with van der Waals surface area (Å²) in [5, 5.41) is 7.69. The number of nitrogens with zero attached hydrogens (tertiary/aromatic N) is 2. The minimum absolute atomic E-state index is 0.331. The first-order valence-electron chi connectivity index (χ1n) is 6.22. The molecule has 0 spiro atoms. The number of thioether (sulfide) groups is 1. The van der Waals surface area contributed by atoms with Crippen molar-refractivity contribution in [1.82, 2.24) is 15.1 Å². The van der Waals surface area contributed by atoms with Crippen molar-refractivity contribution in [3.8, 4) is 0 Å². The molecule has 1 aromatic carbocycles. The number of aryl methyl sites for hydroxylation is 1. The molecular formula is C14H19N3S. The lowest BCUT2D eigenvalue weighted by atomic mass is 10.2. The molecule has 1 unspecified atom stereocenters. The summed E-state index contributed by atoms with van der Waals surface area (Å²) in [7, 11) is 2.00. The quantitative estimate of drug-likeness (QED) is 0.811. The molecule has 3 nitrogen and oxygen atoms in total. The SMILES string of the molecule is CCn1nccc1C(CSc1ccccc1)NC. The third-order valence-electron chi connectivity index (χ3n) is 2.91. The Bertz CT molecular complexity index is 467. The number of rotatable bonds is 6. The van der Waals surface area contributed by atoms with Crippen molar-refractivity contribution >= 4 is 11.8 Å². The maximum Gasteiger partial charge on any atom is 0.0584 e. The fraction of sp³-hybridized carbons (Fsp3) is 0.357. The van der Waals surface area contributed by atoms with E-state index in [1.807, 2.05) is 35.8 Å². The van der Waals surface area contributed by atoms with Gasteiger partial charge in [0.1, 0.15) is 0 Å². The second-order valence-electron chi connectivity index (χ2n) is 4.04. The first-order valence-corrected chi connectivity index (χ1v) is 7.20. The van der Waals surface area contributed by atoms with Crippen LogP contribution in [0.1, 0.15) is 18.7 Å². The average molecular weight is 261 g/mol. The Morgan fingerprint density at radius 2 is 2.06 bits per heavy atom. The molecule has 0 fully saturated rings.